The van der Waals surface area contributed by atoms with Crippen molar-refractivity contribution in [3.8, 4) is 5.75 Å². The summed E-state index contributed by atoms with van der Waals surface area (Å²) >= 11 is 5.86. The fraction of sp³-hybridized carbons (Fsp3) is 0.300. The quantitative estimate of drug-likeness (QED) is 0.826. The summed E-state index contributed by atoms with van der Waals surface area (Å²) in [5, 5.41) is 11.6. The molecule has 0 saturated heterocycles. The molecule has 0 unspecified atom stereocenters. The Kier molecular flexibility index (Phi) is 4.39. The summed E-state index contributed by atoms with van der Waals surface area (Å²) < 4.78 is 4.97. The van der Waals surface area contributed by atoms with Gasteiger partial charge in [0.15, 0.2) is 0 Å². The predicted molar refractivity (Wildman–Crippen MR) is 58.3 cm³/mol. The molecule has 1 aromatic carbocycles. The Balaban J connectivity index is 2.71. The highest BCUT2D eigenvalue weighted by molar-refractivity contribution is 6.32. The van der Waals surface area contributed by atoms with Gasteiger partial charge in [-0.05, 0) is 18.2 Å². The summed E-state index contributed by atoms with van der Waals surface area (Å²) in [5.41, 5.74) is 0.583. The number of ether oxygens (including phenoxy) is 1. The Bertz CT molecular complexity index is 355. The van der Waals surface area contributed by atoms with Crippen molar-refractivity contribution in [2.24, 2.45) is 0 Å². The molecule has 0 atom stereocenters. The molecular formula is C10H12ClNO3. The van der Waals surface area contributed by atoms with E-state index in [0.717, 1.165) is 0 Å². The first kappa shape index (κ1) is 11.8. The van der Waals surface area contributed by atoms with E-state index in [1.807, 2.05) is 0 Å². The summed E-state index contributed by atoms with van der Waals surface area (Å²) in [6, 6.07) is 4.94. The number of aliphatic hydroxyl groups is 1. The third-order valence-corrected chi connectivity index (χ3v) is 2.07. The van der Waals surface area contributed by atoms with Crippen LogP contribution in [0.4, 0.5) is 5.69 Å². The zero-order valence-electron chi connectivity index (χ0n) is 8.29. The lowest BCUT2D eigenvalue weighted by molar-refractivity contribution is -0.116. The molecule has 0 aliphatic heterocycles. The van der Waals surface area contributed by atoms with E-state index in [2.05, 4.69) is 5.32 Å². The smallest absolute Gasteiger partial charge is 0.226 e. The van der Waals surface area contributed by atoms with Crippen molar-refractivity contribution in [2.45, 2.75) is 6.42 Å². The summed E-state index contributed by atoms with van der Waals surface area (Å²) in [5.74, 6) is 0.301. The number of carbonyl (C=O) groups is 1. The number of rotatable bonds is 4. The van der Waals surface area contributed by atoms with E-state index in [9.17, 15) is 4.79 Å². The molecule has 0 bridgehead atoms. The number of hydrogen-bond donors (Lipinski definition) is 2. The van der Waals surface area contributed by atoms with Crippen LogP contribution in [0.15, 0.2) is 18.2 Å². The van der Waals surface area contributed by atoms with Crippen molar-refractivity contribution < 1.29 is 14.6 Å². The molecular weight excluding hydrogens is 218 g/mol. The maximum atomic E-state index is 11.1. The lowest BCUT2D eigenvalue weighted by Gasteiger charge is -2.07. The third kappa shape index (κ3) is 3.42. The highest BCUT2D eigenvalue weighted by atomic mass is 35.5. The largest absolute Gasteiger partial charge is 0.495 e. The number of carbonyl (C=O) groups excluding carboxylic acids is 1. The van der Waals surface area contributed by atoms with Gasteiger partial charge in [-0.3, -0.25) is 4.79 Å². The van der Waals surface area contributed by atoms with Crippen LogP contribution in [0.25, 0.3) is 0 Å². The van der Waals surface area contributed by atoms with Crippen LogP contribution in [0, 0.1) is 0 Å². The second-order valence-electron chi connectivity index (χ2n) is 2.87. The second kappa shape index (κ2) is 5.58. The highest BCUT2D eigenvalue weighted by Crippen LogP contribution is 2.27. The van der Waals surface area contributed by atoms with Gasteiger partial charge < -0.3 is 15.2 Å². The van der Waals surface area contributed by atoms with Gasteiger partial charge >= 0.3 is 0 Å². The van der Waals surface area contributed by atoms with Crippen molar-refractivity contribution in [2.75, 3.05) is 19.0 Å². The van der Waals surface area contributed by atoms with Crippen molar-refractivity contribution in [3.05, 3.63) is 23.2 Å². The Hall–Kier alpha value is -1.26. The van der Waals surface area contributed by atoms with E-state index < -0.39 is 0 Å². The summed E-state index contributed by atoms with van der Waals surface area (Å²) in [6.45, 7) is -0.171. The first-order chi connectivity index (χ1) is 7.17. The van der Waals surface area contributed by atoms with Gasteiger partial charge in [0.1, 0.15) is 5.75 Å². The molecule has 0 aromatic heterocycles. The van der Waals surface area contributed by atoms with Crippen molar-refractivity contribution in [3.63, 3.8) is 0 Å². The van der Waals surface area contributed by atoms with Gasteiger partial charge in [-0.15, -0.1) is 0 Å². The number of halogens is 1. The molecule has 0 fully saturated rings. The number of aliphatic hydroxyl groups excluding tert-OH is 1. The third-order valence-electron chi connectivity index (χ3n) is 1.77. The second-order valence-corrected chi connectivity index (χ2v) is 3.28. The molecule has 4 nitrogen and oxygen atoms in total. The minimum atomic E-state index is -0.251. The SMILES string of the molecule is COc1ccc(NC(=O)CCO)cc1Cl. The fourth-order valence-corrected chi connectivity index (χ4v) is 1.33. The Morgan fingerprint density at radius 2 is 2.33 bits per heavy atom. The molecule has 0 spiro atoms. The predicted octanol–water partition coefficient (Wildman–Crippen LogP) is 1.67. The number of hydrogen-bond acceptors (Lipinski definition) is 3. The summed E-state index contributed by atoms with van der Waals surface area (Å²) in [7, 11) is 1.52. The summed E-state index contributed by atoms with van der Waals surface area (Å²) in [4.78, 5) is 11.1. The first-order valence-corrected chi connectivity index (χ1v) is 4.79. The zero-order chi connectivity index (χ0) is 11.3. The molecule has 82 valence electrons. The topological polar surface area (TPSA) is 58.6 Å². The van der Waals surface area contributed by atoms with E-state index in [1.54, 1.807) is 18.2 Å². The van der Waals surface area contributed by atoms with E-state index in [1.165, 1.54) is 7.11 Å². The van der Waals surface area contributed by atoms with Crippen LogP contribution < -0.4 is 10.1 Å². The average molecular weight is 230 g/mol. The van der Waals surface area contributed by atoms with Gasteiger partial charge in [-0.25, -0.2) is 0 Å². The number of amides is 1. The van der Waals surface area contributed by atoms with E-state index in [-0.39, 0.29) is 18.9 Å². The Morgan fingerprint density at radius 3 is 2.87 bits per heavy atom. The van der Waals surface area contributed by atoms with Crippen LogP contribution in [-0.2, 0) is 4.79 Å². The normalized spacial score (nSPS) is 9.80. The molecule has 0 aliphatic rings. The molecule has 0 aliphatic carbocycles. The number of benzene rings is 1. The van der Waals surface area contributed by atoms with Crippen molar-refractivity contribution >= 4 is 23.2 Å². The highest BCUT2D eigenvalue weighted by Gasteiger charge is 2.04. The molecule has 1 rings (SSSR count). The van der Waals surface area contributed by atoms with E-state index >= 15 is 0 Å². The first-order valence-electron chi connectivity index (χ1n) is 4.41. The minimum absolute atomic E-state index is 0.0731. The lowest BCUT2D eigenvalue weighted by Crippen LogP contribution is -2.12. The lowest BCUT2D eigenvalue weighted by atomic mass is 10.3. The molecule has 15 heavy (non-hydrogen) atoms. The standard InChI is InChI=1S/C10H12ClNO3/c1-15-9-3-2-7(6-8(9)11)12-10(14)4-5-13/h2-3,6,13H,4-5H2,1H3,(H,12,14). The molecule has 0 radical (unpaired) electrons. The summed E-state index contributed by atoms with van der Waals surface area (Å²) in [6.07, 6.45) is 0.0731. The van der Waals surface area contributed by atoms with Crippen LogP contribution in [0.1, 0.15) is 6.42 Å². The van der Waals surface area contributed by atoms with Crippen LogP contribution in [0.2, 0.25) is 5.02 Å². The Morgan fingerprint density at radius 1 is 1.60 bits per heavy atom. The molecule has 1 amide bonds. The van der Waals surface area contributed by atoms with Crippen LogP contribution in [0.3, 0.4) is 0 Å². The van der Waals surface area contributed by atoms with Gasteiger partial charge in [0, 0.05) is 5.69 Å². The van der Waals surface area contributed by atoms with Crippen LogP contribution in [0.5, 0.6) is 5.75 Å². The maximum absolute atomic E-state index is 11.1. The monoisotopic (exact) mass is 229 g/mol. The van der Waals surface area contributed by atoms with Gasteiger partial charge in [-0.2, -0.15) is 0 Å². The molecule has 0 heterocycles. The molecule has 5 heteroatoms. The molecule has 0 saturated carbocycles. The van der Waals surface area contributed by atoms with Crippen molar-refractivity contribution in [1.82, 2.24) is 0 Å². The maximum Gasteiger partial charge on any atom is 0.226 e. The average Bonchev–Trinajstić information content (AvgIpc) is 2.18. The van der Waals surface area contributed by atoms with Crippen LogP contribution in [-0.4, -0.2) is 24.7 Å². The zero-order valence-corrected chi connectivity index (χ0v) is 9.04. The van der Waals surface area contributed by atoms with Crippen molar-refractivity contribution in [1.29, 1.82) is 0 Å². The number of nitrogens with one attached hydrogen (secondary N) is 1. The minimum Gasteiger partial charge on any atom is -0.495 e. The van der Waals surface area contributed by atoms with Gasteiger partial charge in [-0.1, -0.05) is 11.6 Å². The molecule has 2 N–H and O–H groups in total. The molecule has 1 aromatic rings. The number of methoxy groups -OCH3 is 1. The Labute approximate surface area is 92.8 Å². The van der Waals surface area contributed by atoms with E-state index in [0.29, 0.717) is 16.5 Å². The van der Waals surface area contributed by atoms with E-state index in [4.69, 9.17) is 21.4 Å². The van der Waals surface area contributed by atoms with Gasteiger partial charge in [0.2, 0.25) is 5.91 Å². The van der Waals surface area contributed by atoms with Gasteiger partial charge in [0.05, 0.1) is 25.2 Å². The number of anilines is 1. The van der Waals surface area contributed by atoms with Gasteiger partial charge in [0.25, 0.3) is 0 Å². The van der Waals surface area contributed by atoms with Crippen LogP contribution >= 0.6 is 11.6 Å². The fourth-order valence-electron chi connectivity index (χ4n) is 1.07.